The number of hydrogen-bond acceptors (Lipinski definition) is 2. The molecule has 0 aliphatic heterocycles. The molecule has 0 spiro atoms. The number of nitrogens with two attached hydrogens (primary N) is 1. The SMILES string of the molecule is CC(c1ccccc1)c1ccccc1S(N)(=O)=O. The fourth-order valence-corrected chi connectivity index (χ4v) is 2.86. The Bertz CT molecular complexity index is 636. The van der Waals surface area contributed by atoms with Crippen molar-refractivity contribution >= 4 is 10.0 Å². The van der Waals surface area contributed by atoms with Crippen LogP contribution in [-0.4, -0.2) is 8.42 Å². The van der Waals surface area contributed by atoms with Crippen molar-refractivity contribution in [1.29, 1.82) is 0 Å². The lowest BCUT2D eigenvalue weighted by Gasteiger charge is -2.15. The Balaban J connectivity index is 2.53. The summed E-state index contributed by atoms with van der Waals surface area (Å²) in [6.07, 6.45) is 0. The highest BCUT2D eigenvalue weighted by atomic mass is 32.2. The first kappa shape index (κ1) is 12.8. The normalized spacial score (nSPS) is 13.2. The van der Waals surface area contributed by atoms with Crippen LogP contribution in [0.4, 0.5) is 0 Å². The average molecular weight is 261 g/mol. The van der Waals surface area contributed by atoms with Crippen LogP contribution >= 0.6 is 0 Å². The second-order valence-electron chi connectivity index (χ2n) is 4.22. The van der Waals surface area contributed by atoms with Crippen LogP contribution in [0.25, 0.3) is 0 Å². The van der Waals surface area contributed by atoms with Crippen LogP contribution in [0.2, 0.25) is 0 Å². The van der Waals surface area contributed by atoms with Gasteiger partial charge >= 0.3 is 0 Å². The Hall–Kier alpha value is -1.65. The summed E-state index contributed by atoms with van der Waals surface area (Å²) in [6, 6.07) is 16.6. The van der Waals surface area contributed by atoms with Gasteiger partial charge in [0.2, 0.25) is 10.0 Å². The molecule has 2 rings (SSSR count). The van der Waals surface area contributed by atoms with Crippen molar-refractivity contribution in [1.82, 2.24) is 0 Å². The molecule has 2 aromatic carbocycles. The van der Waals surface area contributed by atoms with Crippen molar-refractivity contribution in [3.05, 3.63) is 65.7 Å². The molecule has 1 atom stereocenters. The molecule has 0 aliphatic carbocycles. The zero-order valence-electron chi connectivity index (χ0n) is 10.1. The van der Waals surface area contributed by atoms with Gasteiger partial charge in [-0.3, -0.25) is 0 Å². The molecule has 0 bridgehead atoms. The standard InChI is InChI=1S/C14H15NO2S/c1-11(12-7-3-2-4-8-12)13-9-5-6-10-14(13)18(15,16)17/h2-11H,1H3,(H2,15,16,17). The van der Waals surface area contributed by atoms with E-state index in [1.165, 1.54) is 0 Å². The largest absolute Gasteiger partial charge is 0.238 e. The van der Waals surface area contributed by atoms with Crippen molar-refractivity contribution < 1.29 is 8.42 Å². The van der Waals surface area contributed by atoms with Gasteiger partial charge in [-0.05, 0) is 17.2 Å². The van der Waals surface area contributed by atoms with Crippen molar-refractivity contribution in [2.45, 2.75) is 17.7 Å². The Morgan fingerprint density at radius 2 is 1.50 bits per heavy atom. The molecule has 0 aliphatic rings. The van der Waals surface area contributed by atoms with E-state index in [2.05, 4.69) is 0 Å². The predicted molar refractivity (Wildman–Crippen MR) is 71.8 cm³/mol. The van der Waals surface area contributed by atoms with E-state index in [0.717, 1.165) is 11.1 Å². The third-order valence-electron chi connectivity index (χ3n) is 2.99. The van der Waals surface area contributed by atoms with Crippen LogP contribution in [0.15, 0.2) is 59.5 Å². The Morgan fingerprint density at radius 1 is 0.944 bits per heavy atom. The Kier molecular flexibility index (Phi) is 3.50. The molecule has 2 aromatic rings. The van der Waals surface area contributed by atoms with Crippen LogP contribution in [0.1, 0.15) is 24.0 Å². The van der Waals surface area contributed by atoms with E-state index in [-0.39, 0.29) is 10.8 Å². The maximum absolute atomic E-state index is 11.6. The van der Waals surface area contributed by atoms with E-state index < -0.39 is 10.0 Å². The highest BCUT2D eigenvalue weighted by molar-refractivity contribution is 7.89. The molecule has 18 heavy (non-hydrogen) atoms. The van der Waals surface area contributed by atoms with Crippen LogP contribution in [0, 0.1) is 0 Å². The number of primary sulfonamides is 1. The maximum Gasteiger partial charge on any atom is 0.238 e. The molecule has 1 unspecified atom stereocenters. The zero-order valence-corrected chi connectivity index (χ0v) is 10.9. The number of benzene rings is 2. The highest BCUT2D eigenvalue weighted by Crippen LogP contribution is 2.28. The highest BCUT2D eigenvalue weighted by Gasteiger charge is 2.18. The molecule has 0 saturated carbocycles. The number of hydrogen-bond donors (Lipinski definition) is 1. The number of sulfonamides is 1. The lowest BCUT2D eigenvalue weighted by atomic mass is 9.93. The molecule has 0 saturated heterocycles. The van der Waals surface area contributed by atoms with E-state index >= 15 is 0 Å². The summed E-state index contributed by atoms with van der Waals surface area (Å²) in [6.45, 7) is 1.97. The summed E-state index contributed by atoms with van der Waals surface area (Å²) in [7, 11) is -3.69. The average Bonchev–Trinajstić information content (AvgIpc) is 2.38. The monoisotopic (exact) mass is 261 g/mol. The van der Waals surface area contributed by atoms with E-state index in [4.69, 9.17) is 5.14 Å². The summed E-state index contributed by atoms with van der Waals surface area (Å²) in [5.41, 5.74) is 1.79. The lowest BCUT2D eigenvalue weighted by Crippen LogP contribution is -2.15. The number of rotatable bonds is 3. The quantitative estimate of drug-likeness (QED) is 0.922. The van der Waals surface area contributed by atoms with Gasteiger partial charge in [0.15, 0.2) is 0 Å². The van der Waals surface area contributed by atoms with Gasteiger partial charge in [-0.2, -0.15) is 0 Å². The van der Waals surface area contributed by atoms with Gasteiger partial charge in [-0.15, -0.1) is 0 Å². The minimum atomic E-state index is -3.69. The van der Waals surface area contributed by atoms with Gasteiger partial charge in [0, 0.05) is 5.92 Å². The smallest absolute Gasteiger partial charge is 0.225 e. The summed E-state index contributed by atoms with van der Waals surface area (Å²) < 4.78 is 23.1. The second-order valence-corrected chi connectivity index (χ2v) is 5.75. The molecule has 94 valence electrons. The molecule has 2 N–H and O–H groups in total. The van der Waals surface area contributed by atoms with Crippen molar-refractivity contribution in [2.24, 2.45) is 5.14 Å². The summed E-state index contributed by atoms with van der Waals surface area (Å²) in [5, 5.41) is 5.25. The fraction of sp³-hybridized carbons (Fsp3) is 0.143. The minimum Gasteiger partial charge on any atom is -0.225 e. The maximum atomic E-state index is 11.6. The third kappa shape index (κ3) is 2.60. The molecule has 3 nitrogen and oxygen atoms in total. The Morgan fingerprint density at radius 3 is 2.11 bits per heavy atom. The zero-order chi connectivity index (χ0) is 13.2. The topological polar surface area (TPSA) is 60.2 Å². The van der Waals surface area contributed by atoms with E-state index in [1.54, 1.807) is 18.2 Å². The van der Waals surface area contributed by atoms with Crippen molar-refractivity contribution in [2.75, 3.05) is 0 Å². The fourth-order valence-electron chi connectivity index (χ4n) is 2.02. The van der Waals surface area contributed by atoms with Gasteiger partial charge in [-0.25, -0.2) is 13.6 Å². The minimum absolute atomic E-state index is 0.0132. The summed E-state index contributed by atoms with van der Waals surface area (Å²) in [5.74, 6) is -0.0132. The van der Waals surface area contributed by atoms with E-state index in [0.29, 0.717) is 0 Å². The third-order valence-corrected chi connectivity index (χ3v) is 3.98. The van der Waals surface area contributed by atoms with E-state index in [1.807, 2.05) is 43.3 Å². The molecule has 4 heteroatoms. The Labute approximate surface area is 107 Å². The van der Waals surface area contributed by atoms with Crippen LogP contribution in [0.3, 0.4) is 0 Å². The van der Waals surface area contributed by atoms with Crippen LogP contribution in [-0.2, 0) is 10.0 Å². The molecular weight excluding hydrogens is 246 g/mol. The second kappa shape index (κ2) is 4.92. The van der Waals surface area contributed by atoms with Crippen LogP contribution < -0.4 is 5.14 Å². The van der Waals surface area contributed by atoms with E-state index in [9.17, 15) is 8.42 Å². The van der Waals surface area contributed by atoms with Crippen molar-refractivity contribution in [3.8, 4) is 0 Å². The van der Waals surface area contributed by atoms with Gasteiger partial charge in [-0.1, -0.05) is 55.5 Å². The van der Waals surface area contributed by atoms with Crippen LogP contribution in [0.5, 0.6) is 0 Å². The van der Waals surface area contributed by atoms with Gasteiger partial charge in [0.25, 0.3) is 0 Å². The molecule has 0 amide bonds. The predicted octanol–water partition coefficient (Wildman–Crippen LogP) is 2.49. The molecular formula is C14H15NO2S. The first-order valence-corrected chi connectivity index (χ1v) is 7.21. The van der Waals surface area contributed by atoms with Gasteiger partial charge < -0.3 is 0 Å². The summed E-state index contributed by atoms with van der Waals surface area (Å²) in [4.78, 5) is 0.196. The molecule has 0 fully saturated rings. The summed E-state index contributed by atoms with van der Waals surface area (Å²) >= 11 is 0. The van der Waals surface area contributed by atoms with Gasteiger partial charge in [0.05, 0.1) is 4.90 Å². The first-order valence-electron chi connectivity index (χ1n) is 5.67. The lowest BCUT2D eigenvalue weighted by molar-refractivity contribution is 0.596. The molecule has 0 radical (unpaired) electrons. The van der Waals surface area contributed by atoms with Gasteiger partial charge in [0.1, 0.15) is 0 Å². The molecule has 0 heterocycles. The first-order chi connectivity index (χ1) is 8.50. The molecule has 0 aromatic heterocycles. The van der Waals surface area contributed by atoms with Crippen molar-refractivity contribution in [3.63, 3.8) is 0 Å².